The Morgan fingerprint density at radius 2 is 1.84 bits per heavy atom. The van der Waals surface area contributed by atoms with Crippen LogP contribution in [0.3, 0.4) is 0 Å². The average molecular weight is 264 g/mol. The van der Waals surface area contributed by atoms with Crippen molar-refractivity contribution in [1.29, 1.82) is 0 Å². The highest BCUT2D eigenvalue weighted by Crippen LogP contribution is 2.29. The quantitative estimate of drug-likeness (QED) is 0.649. The first-order valence-corrected chi connectivity index (χ1v) is 7.40. The first-order chi connectivity index (χ1) is 9.26. The molecule has 2 nitrogen and oxygen atoms in total. The molecule has 0 bridgehead atoms. The highest BCUT2D eigenvalue weighted by molar-refractivity contribution is 5.41. The number of hydrogen-bond acceptors (Lipinski definition) is 2. The van der Waals surface area contributed by atoms with Gasteiger partial charge in [0.2, 0.25) is 0 Å². The summed E-state index contributed by atoms with van der Waals surface area (Å²) in [5, 5.41) is 0. The molecule has 0 aliphatic carbocycles. The van der Waals surface area contributed by atoms with Crippen LogP contribution in [0.5, 0.6) is 5.75 Å². The Balaban J connectivity index is 2.83. The third kappa shape index (κ3) is 4.87. The van der Waals surface area contributed by atoms with Crippen LogP contribution in [-0.2, 0) is 17.8 Å². The van der Waals surface area contributed by atoms with Gasteiger partial charge in [0.1, 0.15) is 5.75 Å². The van der Waals surface area contributed by atoms with E-state index in [1.807, 2.05) is 0 Å². The summed E-state index contributed by atoms with van der Waals surface area (Å²) in [6, 6.07) is 6.38. The fourth-order valence-corrected chi connectivity index (χ4v) is 2.58. The maximum absolute atomic E-state index is 5.60. The summed E-state index contributed by atoms with van der Waals surface area (Å²) in [5.74, 6) is 1.77. The monoisotopic (exact) mass is 264 g/mol. The summed E-state index contributed by atoms with van der Waals surface area (Å²) < 4.78 is 10.8. The number of unbranched alkanes of at least 4 members (excludes halogenated alkanes) is 1. The highest BCUT2D eigenvalue weighted by atomic mass is 16.5. The Hall–Kier alpha value is -1.02. The van der Waals surface area contributed by atoms with Crippen LogP contribution >= 0.6 is 0 Å². The van der Waals surface area contributed by atoms with Crippen molar-refractivity contribution in [2.24, 2.45) is 5.92 Å². The van der Waals surface area contributed by atoms with Gasteiger partial charge in [-0.25, -0.2) is 0 Å². The Kier molecular flexibility index (Phi) is 7.57. The number of ether oxygens (including phenoxy) is 2. The Morgan fingerprint density at radius 1 is 1.11 bits per heavy atom. The molecule has 1 unspecified atom stereocenters. The molecule has 0 saturated carbocycles. The smallest absolute Gasteiger partial charge is 0.127 e. The molecule has 0 heterocycles. The number of benzene rings is 1. The van der Waals surface area contributed by atoms with Gasteiger partial charge in [0.25, 0.3) is 0 Å². The van der Waals surface area contributed by atoms with Crippen molar-refractivity contribution in [3.05, 3.63) is 29.3 Å². The van der Waals surface area contributed by atoms with Crippen molar-refractivity contribution in [3.8, 4) is 5.75 Å². The number of hydrogen-bond donors (Lipinski definition) is 0. The molecular weight excluding hydrogens is 236 g/mol. The predicted octanol–water partition coefficient (Wildman–Crippen LogP) is 4.60. The summed E-state index contributed by atoms with van der Waals surface area (Å²) in [4.78, 5) is 0. The average Bonchev–Trinajstić information content (AvgIpc) is 2.44. The molecule has 1 aromatic rings. The Morgan fingerprint density at radius 3 is 2.42 bits per heavy atom. The molecule has 0 amide bonds. The van der Waals surface area contributed by atoms with Crippen LogP contribution in [0.1, 0.15) is 50.7 Å². The zero-order valence-electron chi connectivity index (χ0n) is 12.9. The van der Waals surface area contributed by atoms with Gasteiger partial charge in [-0.1, -0.05) is 57.7 Å². The van der Waals surface area contributed by atoms with Crippen LogP contribution in [0.2, 0.25) is 0 Å². The van der Waals surface area contributed by atoms with E-state index < -0.39 is 0 Å². The van der Waals surface area contributed by atoms with Gasteiger partial charge in [0.05, 0.1) is 13.7 Å². The van der Waals surface area contributed by atoms with E-state index in [-0.39, 0.29) is 0 Å². The first kappa shape index (κ1) is 16.0. The van der Waals surface area contributed by atoms with Gasteiger partial charge < -0.3 is 9.47 Å². The summed E-state index contributed by atoms with van der Waals surface area (Å²) in [7, 11) is 3.48. The molecule has 0 saturated heterocycles. The summed E-state index contributed by atoms with van der Waals surface area (Å²) in [6.45, 7) is 5.15. The van der Waals surface area contributed by atoms with Gasteiger partial charge in [-0.2, -0.15) is 0 Å². The highest BCUT2D eigenvalue weighted by Gasteiger charge is 2.13. The lowest BCUT2D eigenvalue weighted by molar-refractivity contribution is 0.181. The molecule has 0 aliphatic heterocycles. The molecule has 1 rings (SSSR count). The summed E-state index contributed by atoms with van der Waals surface area (Å²) in [5.41, 5.74) is 2.47. The second-order valence-electron chi connectivity index (χ2n) is 5.16. The van der Waals surface area contributed by atoms with Gasteiger partial charge in [-0.05, 0) is 17.9 Å². The van der Waals surface area contributed by atoms with E-state index in [9.17, 15) is 0 Å². The van der Waals surface area contributed by atoms with Crippen LogP contribution in [0.4, 0.5) is 0 Å². The second kappa shape index (κ2) is 8.98. The molecule has 0 radical (unpaired) electrons. The van der Waals surface area contributed by atoms with E-state index in [2.05, 4.69) is 32.0 Å². The minimum atomic E-state index is 0.614. The topological polar surface area (TPSA) is 18.5 Å². The third-order valence-corrected chi connectivity index (χ3v) is 3.73. The van der Waals surface area contributed by atoms with Crippen molar-refractivity contribution in [2.45, 2.75) is 52.6 Å². The normalized spacial score (nSPS) is 12.4. The van der Waals surface area contributed by atoms with Gasteiger partial charge in [-0.15, -0.1) is 0 Å². The van der Waals surface area contributed by atoms with Gasteiger partial charge in [0.15, 0.2) is 0 Å². The first-order valence-electron chi connectivity index (χ1n) is 7.40. The lowest BCUT2D eigenvalue weighted by Crippen LogP contribution is -2.06. The molecule has 0 N–H and O–H groups in total. The molecule has 2 heteroatoms. The van der Waals surface area contributed by atoms with Crippen LogP contribution < -0.4 is 4.74 Å². The van der Waals surface area contributed by atoms with Crippen molar-refractivity contribution in [3.63, 3.8) is 0 Å². The van der Waals surface area contributed by atoms with Gasteiger partial charge >= 0.3 is 0 Å². The minimum Gasteiger partial charge on any atom is -0.496 e. The van der Waals surface area contributed by atoms with Crippen molar-refractivity contribution in [1.82, 2.24) is 0 Å². The van der Waals surface area contributed by atoms with E-state index in [1.54, 1.807) is 14.2 Å². The van der Waals surface area contributed by atoms with Gasteiger partial charge in [0, 0.05) is 12.7 Å². The largest absolute Gasteiger partial charge is 0.496 e. The number of methoxy groups -OCH3 is 2. The van der Waals surface area contributed by atoms with Crippen molar-refractivity contribution < 1.29 is 9.47 Å². The molecule has 0 aliphatic rings. The summed E-state index contributed by atoms with van der Waals surface area (Å²) in [6.07, 6.45) is 6.25. The van der Waals surface area contributed by atoms with Crippen LogP contribution in [0.25, 0.3) is 0 Å². The van der Waals surface area contributed by atoms with E-state index >= 15 is 0 Å². The van der Waals surface area contributed by atoms with Crippen LogP contribution in [0, 0.1) is 5.92 Å². The van der Waals surface area contributed by atoms with E-state index in [1.165, 1.54) is 31.2 Å². The van der Waals surface area contributed by atoms with E-state index in [4.69, 9.17) is 9.47 Å². The zero-order chi connectivity index (χ0) is 14.1. The number of rotatable bonds is 9. The maximum atomic E-state index is 5.60. The fourth-order valence-electron chi connectivity index (χ4n) is 2.58. The predicted molar refractivity (Wildman–Crippen MR) is 80.7 cm³/mol. The molecule has 0 fully saturated rings. The van der Waals surface area contributed by atoms with E-state index in [0.717, 1.165) is 23.7 Å². The molecule has 19 heavy (non-hydrogen) atoms. The zero-order valence-corrected chi connectivity index (χ0v) is 12.9. The van der Waals surface area contributed by atoms with Crippen molar-refractivity contribution >= 4 is 0 Å². The van der Waals surface area contributed by atoms with E-state index in [0.29, 0.717) is 6.61 Å². The second-order valence-corrected chi connectivity index (χ2v) is 5.16. The summed E-state index contributed by atoms with van der Waals surface area (Å²) >= 11 is 0. The lowest BCUT2D eigenvalue weighted by atomic mass is 9.91. The maximum Gasteiger partial charge on any atom is 0.127 e. The molecule has 1 aromatic carbocycles. The molecule has 108 valence electrons. The van der Waals surface area contributed by atoms with Gasteiger partial charge in [-0.3, -0.25) is 0 Å². The SMILES string of the molecule is CCCCC(CC)Cc1cccc(COC)c1OC. The minimum absolute atomic E-state index is 0.614. The Bertz CT molecular complexity index is 360. The standard InChI is InChI=1S/C17H28O2/c1-5-7-9-14(6-2)12-15-10-8-11-16(13-18-3)17(15)19-4/h8,10-11,14H,5-7,9,12-13H2,1-4H3. The van der Waals surface area contributed by atoms with Crippen LogP contribution in [0.15, 0.2) is 18.2 Å². The molecule has 0 aromatic heterocycles. The molecular formula is C17H28O2. The Labute approximate surface area is 118 Å². The lowest BCUT2D eigenvalue weighted by Gasteiger charge is -2.18. The molecule has 0 spiro atoms. The van der Waals surface area contributed by atoms with Crippen molar-refractivity contribution in [2.75, 3.05) is 14.2 Å². The third-order valence-electron chi connectivity index (χ3n) is 3.73. The fraction of sp³-hybridized carbons (Fsp3) is 0.647. The number of para-hydroxylation sites is 1. The molecule has 1 atom stereocenters. The van der Waals surface area contributed by atoms with Crippen LogP contribution in [-0.4, -0.2) is 14.2 Å².